The molecule has 0 aliphatic rings. The number of hydrogen-bond acceptors (Lipinski definition) is 1. The summed E-state index contributed by atoms with van der Waals surface area (Å²) >= 11 is 1.88. The molecule has 9 aromatic carbocycles. The molecule has 0 aliphatic heterocycles. The first kappa shape index (κ1) is 26.5. The highest BCUT2D eigenvalue weighted by Crippen LogP contribution is 2.48. The van der Waals surface area contributed by atoms with Crippen molar-refractivity contribution in [1.29, 1.82) is 0 Å². The molecular weight excluding hydrogens is 585 g/mol. The van der Waals surface area contributed by atoms with Gasteiger partial charge in [0.1, 0.15) is 0 Å². The van der Waals surface area contributed by atoms with Crippen LogP contribution < -0.4 is 0 Å². The predicted octanol–water partition coefficient (Wildman–Crippen LogP) is 13.7. The summed E-state index contributed by atoms with van der Waals surface area (Å²) in [4.78, 5) is 0. The molecular formula is C46H28S. The van der Waals surface area contributed by atoms with Crippen LogP contribution in [0, 0.1) is 0 Å². The molecule has 1 aromatic heterocycles. The smallest absolute Gasteiger partial charge is 0.0355 e. The molecule has 0 N–H and O–H groups in total. The molecule has 0 bridgehead atoms. The summed E-state index contributed by atoms with van der Waals surface area (Å²) in [6, 6.07) is 62.8. The molecule has 1 heterocycles. The van der Waals surface area contributed by atoms with Crippen molar-refractivity contribution in [2.75, 3.05) is 0 Å². The van der Waals surface area contributed by atoms with Crippen LogP contribution in [0.4, 0.5) is 0 Å². The van der Waals surface area contributed by atoms with Crippen LogP contribution in [0.1, 0.15) is 0 Å². The van der Waals surface area contributed by atoms with Gasteiger partial charge in [0.2, 0.25) is 0 Å². The first-order valence-electron chi connectivity index (χ1n) is 16.2. The summed E-state index contributed by atoms with van der Waals surface area (Å²) < 4.78 is 2.64. The van der Waals surface area contributed by atoms with Crippen molar-refractivity contribution in [3.05, 3.63) is 170 Å². The van der Waals surface area contributed by atoms with Crippen LogP contribution in [-0.2, 0) is 0 Å². The van der Waals surface area contributed by atoms with Crippen molar-refractivity contribution < 1.29 is 0 Å². The maximum Gasteiger partial charge on any atom is 0.0355 e. The van der Waals surface area contributed by atoms with E-state index in [-0.39, 0.29) is 0 Å². The van der Waals surface area contributed by atoms with Crippen molar-refractivity contribution in [3.8, 4) is 33.4 Å². The van der Waals surface area contributed by atoms with Crippen molar-refractivity contribution in [2.24, 2.45) is 0 Å². The molecule has 218 valence electrons. The highest BCUT2D eigenvalue weighted by Gasteiger charge is 2.20. The number of benzene rings is 9. The maximum atomic E-state index is 2.44. The fourth-order valence-electron chi connectivity index (χ4n) is 7.73. The Morgan fingerprint density at radius 1 is 0.298 bits per heavy atom. The normalized spacial score (nSPS) is 11.8. The number of fused-ring (bicyclic) bond motifs is 8. The van der Waals surface area contributed by atoms with E-state index in [2.05, 4.69) is 170 Å². The van der Waals surface area contributed by atoms with Gasteiger partial charge in [0.05, 0.1) is 0 Å². The third kappa shape index (κ3) is 4.07. The van der Waals surface area contributed by atoms with Crippen LogP contribution in [0.15, 0.2) is 170 Å². The Balaban J connectivity index is 1.33. The molecule has 0 atom stereocenters. The SMILES string of the molecule is c1ccc(-c2ccc3sc4ccc(-c5c6ccccc6c(-c6cccc7ccccc67)c6c5ccc5ccccc56)cc4c3c2)cc1. The zero-order chi connectivity index (χ0) is 30.9. The zero-order valence-corrected chi connectivity index (χ0v) is 26.4. The van der Waals surface area contributed by atoms with Crippen LogP contribution in [0.3, 0.4) is 0 Å². The van der Waals surface area contributed by atoms with E-state index in [4.69, 9.17) is 0 Å². The minimum atomic E-state index is 1.25. The van der Waals surface area contributed by atoms with E-state index < -0.39 is 0 Å². The molecule has 0 saturated carbocycles. The Bertz CT molecular complexity index is 2830. The summed E-state index contributed by atoms with van der Waals surface area (Å²) in [5, 5.41) is 12.9. The average Bonchev–Trinajstić information content (AvgIpc) is 3.51. The Morgan fingerprint density at radius 3 is 1.64 bits per heavy atom. The van der Waals surface area contributed by atoms with E-state index >= 15 is 0 Å². The van der Waals surface area contributed by atoms with E-state index in [1.54, 1.807) is 0 Å². The Kier molecular flexibility index (Phi) is 5.85. The van der Waals surface area contributed by atoms with Crippen LogP contribution >= 0.6 is 11.3 Å². The summed E-state index contributed by atoms with van der Waals surface area (Å²) in [6.07, 6.45) is 0. The van der Waals surface area contributed by atoms with E-state index in [1.165, 1.54) is 96.6 Å². The van der Waals surface area contributed by atoms with Crippen molar-refractivity contribution in [3.63, 3.8) is 0 Å². The maximum absolute atomic E-state index is 2.44. The summed E-state index contributed by atoms with van der Waals surface area (Å²) in [6.45, 7) is 0. The molecule has 0 fully saturated rings. The predicted molar refractivity (Wildman–Crippen MR) is 206 cm³/mol. The Hall–Kier alpha value is -5.76. The average molecular weight is 613 g/mol. The molecule has 47 heavy (non-hydrogen) atoms. The van der Waals surface area contributed by atoms with Gasteiger partial charge in [0, 0.05) is 20.2 Å². The summed E-state index contributed by atoms with van der Waals surface area (Å²) in [5.41, 5.74) is 7.64. The third-order valence-electron chi connectivity index (χ3n) is 9.84. The fourth-order valence-corrected chi connectivity index (χ4v) is 8.79. The lowest BCUT2D eigenvalue weighted by Gasteiger charge is -2.20. The zero-order valence-electron chi connectivity index (χ0n) is 25.6. The van der Waals surface area contributed by atoms with Crippen LogP contribution in [0.25, 0.3) is 96.6 Å². The molecule has 0 saturated heterocycles. The molecule has 0 amide bonds. The van der Waals surface area contributed by atoms with Gasteiger partial charge in [-0.25, -0.2) is 0 Å². The van der Waals surface area contributed by atoms with E-state index in [9.17, 15) is 0 Å². The molecule has 10 rings (SSSR count). The molecule has 0 radical (unpaired) electrons. The lowest BCUT2D eigenvalue weighted by atomic mass is 9.83. The summed E-state index contributed by atoms with van der Waals surface area (Å²) in [5.74, 6) is 0. The van der Waals surface area contributed by atoms with Crippen molar-refractivity contribution in [2.45, 2.75) is 0 Å². The van der Waals surface area contributed by atoms with Crippen molar-refractivity contribution >= 4 is 74.6 Å². The number of hydrogen-bond donors (Lipinski definition) is 0. The monoisotopic (exact) mass is 612 g/mol. The minimum absolute atomic E-state index is 1.25. The lowest BCUT2D eigenvalue weighted by molar-refractivity contribution is 1.66. The van der Waals surface area contributed by atoms with Gasteiger partial charge in [-0.05, 0) is 101 Å². The fraction of sp³-hybridized carbons (Fsp3) is 0. The molecule has 0 nitrogen and oxygen atoms in total. The molecule has 0 aliphatic carbocycles. The third-order valence-corrected chi connectivity index (χ3v) is 11.0. The van der Waals surface area contributed by atoms with Gasteiger partial charge >= 0.3 is 0 Å². The lowest BCUT2D eigenvalue weighted by Crippen LogP contribution is -1.92. The van der Waals surface area contributed by atoms with Gasteiger partial charge in [-0.2, -0.15) is 0 Å². The van der Waals surface area contributed by atoms with Crippen LogP contribution in [0.5, 0.6) is 0 Å². The van der Waals surface area contributed by atoms with Crippen LogP contribution in [-0.4, -0.2) is 0 Å². The Labute approximate surface area is 276 Å². The number of thiophene rings is 1. The van der Waals surface area contributed by atoms with Crippen molar-refractivity contribution in [1.82, 2.24) is 0 Å². The van der Waals surface area contributed by atoms with E-state index in [0.717, 1.165) is 0 Å². The molecule has 1 heteroatoms. The second kappa shape index (κ2) is 10.4. The van der Waals surface area contributed by atoms with Crippen LogP contribution in [0.2, 0.25) is 0 Å². The van der Waals surface area contributed by atoms with E-state index in [1.807, 2.05) is 11.3 Å². The standard InChI is InChI=1S/C46H28S/c1-2-11-29(12-3-1)32-22-25-42-40(27-32)41-28-33(23-26-43(41)47-42)44-37-18-8-9-19-38(37)46(36-20-10-15-30-13-4-6-16-34(30)36)45-35-17-7-5-14-31(35)21-24-39(44)45/h1-28H. The molecule has 10 aromatic rings. The molecule has 0 unspecified atom stereocenters. The van der Waals surface area contributed by atoms with Gasteiger partial charge in [-0.15, -0.1) is 11.3 Å². The quantitative estimate of drug-likeness (QED) is 0.138. The van der Waals surface area contributed by atoms with Gasteiger partial charge in [0.25, 0.3) is 0 Å². The first-order chi connectivity index (χ1) is 23.3. The minimum Gasteiger partial charge on any atom is -0.135 e. The number of rotatable bonds is 3. The topological polar surface area (TPSA) is 0 Å². The second-order valence-corrected chi connectivity index (χ2v) is 13.5. The highest BCUT2D eigenvalue weighted by molar-refractivity contribution is 7.25. The first-order valence-corrected chi connectivity index (χ1v) is 17.0. The highest BCUT2D eigenvalue weighted by atomic mass is 32.1. The van der Waals surface area contributed by atoms with Gasteiger partial charge < -0.3 is 0 Å². The molecule has 0 spiro atoms. The summed E-state index contributed by atoms with van der Waals surface area (Å²) in [7, 11) is 0. The van der Waals surface area contributed by atoms with Gasteiger partial charge in [0.15, 0.2) is 0 Å². The van der Waals surface area contributed by atoms with Gasteiger partial charge in [-0.3, -0.25) is 0 Å². The largest absolute Gasteiger partial charge is 0.135 e. The second-order valence-electron chi connectivity index (χ2n) is 12.4. The van der Waals surface area contributed by atoms with Gasteiger partial charge in [-0.1, -0.05) is 146 Å². The Morgan fingerprint density at radius 2 is 0.872 bits per heavy atom. The van der Waals surface area contributed by atoms with E-state index in [0.29, 0.717) is 0 Å².